The Kier molecular flexibility index (Phi) is 3.89. The number of nitrogens with one attached hydrogen (secondary N) is 1. The molecule has 0 aromatic carbocycles. The fourth-order valence-corrected chi connectivity index (χ4v) is 3.69. The minimum atomic E-state index is 0.401. The van der Waals surface area contributed by atoms with E-state index in [-0.39, 0.29) is 0 Å². The number of nitrogens with zero attached hydrogens (tertiary/aromatic N) is 2. The number of fused-ring (bicyclic) bond motifs is 2. The Labute approximate surface area is 125 Å². The van der Waals surface area contributed by atoms with E-state index in [2.05, 4.69) is 22.2 Å². The van der Waals surface area contributed by atoms with Crippen molar-refractivity contribution in [1.82, 2.24) is 9.88 Å². The van der Waals surface area contributed by atoms with Crippen LogP contribution < -0.4 is 11.1 Å². The second kappa shape index (κ2) is 5.66. The van der Waals surface area contributed by atoms with Crippen LogP contribution >= 0.6 is 12.2 Å². The highest BCUT2D eigenvalue weighted by atomic mass is 32.1. The summed E-state index contributed by atoms with van der Waals surface area (Å²) in [5.74, 6) is 0.928. The number of rotatable bonds is 3. The average Bonchev–Trinajstić information content (AvgIpc) is 2.40. The van der Waals surface area contributed by atoms with E-state index >= 15 is 0 Å². The van der Waals surface area contributed by atoms with Crippen molar-refractivity contribution in [3.05, 3.63) is 23.9 Å². The van der Waals surface area contributed by atoms with E-state index in [1.165, 1.54) is 32.1 Å². The van der Waals surface area contributed by atoms with Crippen LogP contribution in [-0.4, -0.2) is 40.0 Å². The molecule has 2 aliphatic heterocycles. The Hall–Kier alpha value is -1.20. The fourth-order valence-electron chi connectivity index (χ4n) is 3.57. The molecule has 2 saturated heterocycles. The predicted octanol–water partition coefficient (Wildman–Crippen LogP) is 2.14. The van der Waals surface area contributed by atoms with Crippen LogP contribution in [0.3, 0.4) is 0 Å². The van der Waals surface area contributed by atoms with Gasteiger partial charge in [0.1, 0.15) is 10.8 Å². The first kappa shape index (κ1) is 13.8. The van der Waals surface area contributed by atoms with Gasteiger partial charge in [0, 0.05) is 29.9 Å². The minimum absolute atomic E-state index is 0.401. The van der Waals surface area contributed by atoms with Gasteiger partial charge in [-0.05, 0) is 44.9 Å². The van der Waals surface area contributed by atoms with E-state index in [0.29, 0.717) is 11.0 Å². The average molecular weight is 290 g/mol. The Bertz CT molecular complexity index is 473. The zero-order chi connectivity index (χ0) is 14.1. The standard InChI is InChI=1S/C15H22N4S/c1-19-12-3-2-4-13(19)8-11(7-12)18-14-6-5-10(9-17-14)15(16)20/h5-6,9,11-13H,2-4,7-8H2,1H3,(H2,16,20)(H,17,18). The van der Waals surface area contributed by atoms with Gasteiger partial charge < -0.3 is 16.0 Å². The Balaban J connectivity index is 1.65. The van der Waals surface area contributed by atoms with Crippen molar-refractivity contribution in [2.45, 2.75) is 50.2 Å². The van der Waals surface area contributed by atoms with Crippen LogP contribution in [0.25, 0.3) is 0 Å². The van der Waals surface area contributed by atoms with Crippen molar-refractivity contribution in [2.24, 2.45) is 5.73 Å². The second-order valence-electron chi connectivity index (χ2n) is 6.01. The van der Waals surface area contributed by atoms with Gasteiger partial charge >= 0.3 is 0 Å². The van der Waals surface area contributed by atoms with Gasteiger partial charge in [0.25, 0.3) is 0 Å². The third-order valence-corrected chi connectivity index (χ3v) is 4.98. The number of piperidine rings is 2. The molecule has 2 bridgehead atoms. The van der Waals surface area contributed by atoms with Crippen molar-refractivity contribution in [2.75, 3.05) is 12.4 Å². The summed E-state index contributed by atoms with van der Waals surface area (Å²) in [4.78, 5) is 7.39. The van der Waals surface area contributed by atoms with E-state index in [1.54, 1.807) is 6.20 Å². The van der Waals surface area contributed by atoms with Crippen molar-refractivity contribution >= 4 is 23.0 Å². The first-order valence-corrected chi connectivity index (χ1v) is 7.78. The summed E-state index contributed by atoms with van der Waals surface area (Å²) in [5.41, 5.74) is 6.42. The lowest BCUT2D eigenvalue weighted by atomic mass is 9.82. The van der Waals surface area contributed by atoms with Gasteiger partial charge in [-0.1, -0.05) is 18.6 Å². The van der Waals surface area contributed by atoms with Gasteiger partial charge in [-0.25, -0.2) is 4.98 Å². The van der Waals surface area contributed by atoms with Gasteiger partial charge in [-0.2, -0.15) is 0 Å². The molecule has 0 saturated carbocycles. The fraction of sp³-hybridized carbons (Fsp3) is 0.600. The van der Waals surface area contributed by atoms with Crippen molar-refractivity contribution in [3.63, 3.8) is 0 Å². The lowest BCUT2D eigenvalue weighted by Crippen LogP contribution is -2.52. The molecule has 3 N–H and O–H groups in total. The SMILES string of the molecule is CN1C2CCCC1CC(Nc1ccc(C(N)=S)cn1)C2. The lowest BCUT2D eigenvalue weighted by Gasteiger charge is -2.47. The summed E-state index contributed by atoms with van der Waals surface area (Å²) < 4.78 is 0. The van der Waals surface area contributed by atoms with Gasteiger partial charge in [-0.15, -0.1) is 0 Å². The zero-order valence-corrected chi connectivity index (χ0v) is 12.7. The summed E-state index contributed by atoms with van der Waals surface area (Å²) in [7, 11) is 2.28. The van der Waals surface area contributed by atoms with Crippen molar-refractivity contribution in [1.29, 1.82) is 0 Å². The Morgan fingerprint density at radius 3 is 2.60 bits per heavy atom. The van der Waals surface area contributed by atoms with Gasteiger partial charge in [0.05, 0.1) is 0 Å². The molecular weight excluding hydrogens is 268 g/mol. The number of anilines is 1. The molecule has 1 aromatic heterocycles. The molecule has 2 atom stereocenters. The molecular formula is C15H22N4S. The number of nitrogens with two attached hydrogens (primary N) is 1. The van der Waals surface area contributed by atoms with Crippen molar-refractivity contribution in [3.8, 4) is 0 Å². The first-order valence-electron chi connectivity index (χ1n) is 7.38. The maximum Gasteiger partial charge on any atom is 0.126 e. The van der Waals surface area contributed by atoms with Crippen LogP contribution in [0, 0.1) is 0 Å². The van der Waals surface area contributed by atoms with Crippen molar-refractivity contribution < 1.29 is 0 Å². The number of hydrogen-bond acceptors (Lipinski definition) is 4. The summed E-state index contributed by atoms with van der Waals surface area (Å²) in [6, 6.07) is 5.91. The molecule has 0 radical (unpaired) electrons. The van der Waals surface area contributed by atoms with Crippen LogP contribution in [0.2, 0.25) is 0 Å². The number of hydrogen-bond donors (Lipinski definition) is 2. The number of pyridine rings is 1. The van der Waals surface area contributed by atoms with Gasteiger partial charge in [-0.3, -0.25) is 0 Å². The molecule has 2 unspecified atom stereocenters. The molecule has 0 amide bonds. The molecule has 0 spiro atoms. The van der Waals surface area contributed by atoms with Crippen LogP contribution in [0.1, 0.15) is 37.7 Å². The summed E-state index contributed by atoms with van der Waals surface area (Å²) >= 11 is 4.95. The van der Waals surface area contributed by atoms with Crippen LogP contribution in [-0.2, 0) is 0 Å². The van der Waals surface area contributed by atoms with E-state index in [4.69, 9.17) is 18.0 Å². The molecule has 2 fully saturated rings. The highest BCUT2D eigenvalue weighted by Crippen LogP contribution is 2.33. The zero-order valence-electron chi connectivity index (χ0n) is 11.9. The first-order chi connectivity index (χ1) is 9.63. The molecule has 3 heterocycles. The molecule has 2 aliphatic rings. The van der Waals surface area contributed by atoms with Crippen LogP contribution in [0.4, 0.5) is 5.82 Å². The molecule has 20 heavy (non-hydrogen) atoms. The summed E-state index contributed by atoms with van der Waals surface area (Å²) in [6.45, 7) is 0. The number of thiocarbonyl (C=S) groups is 1. The predicted molar refractivity (Wildman–Crippen MR) is 86.0 cm³/mol. The molecule has 1 aromatic rings. The molecule has 108 valence electrons. The normalized spacial score (nSPS) is 29.9. The Morgan fingerprint density at radius 2 is 2.05 bits per heavy atom. The monoisotopic (exact) mass is 290 g/mol. The largest absolute Gasteiger partial charge is 0.389 e. The van der Waals surface area contributed by atoms with Crippen LogP contribution in [0.5, 0.6) is 0 Å². The third kappa shape index (κ3) is 2.79. The smallest absolute Gasteiger partial charge is 0.126 e. The second-order valence-corrected chi connectivity index (χ2v) is 6.45. The van der Waals surface area contributed by atoms with Gasteiger partial charge in [0.2, 0.25) is 0 Å². The van der Waals surface area contributed by atoms with Crippen LogP contribution in [0.15, 0.2) is 18.3 Å². The van der Waals surface area contributed by atoms with E-state index in [9.17, 15) is 0 Å². The maximum absolute atomic E-state index is 5.59. The molecule has 4 nitrogen and oxygen atoms in total. The van der Waals surface area contributed by atoms with E-state index in [1.807, 2.05) is 12.1 Å². The van der Waals surface area contributed by atoms with E-state index < -0.39 is 0 Å². The topological polar surface area (TPSA) is 54.2 Å². The molecule has 0 aliphatic carbocycles. The highest BCUT2D eigenvalue weighted by molar-refractivity contribution is 7.80. The lowest BCUT2D eigenvalue weighted by molar-refractivity contribution is 0.0608. The summed E-state index contributed by atoms with van der Waals surface area (Å²) in [6.07, 6.45) is 8.23. The minimum Gasteiger partial charge on any atom is -0.389 e. The third-order valence-electron chi connectivity index (χ3n) is 4.74. The highest BCUT2D eigenvalue weighted by Gasteiger charge is 2.35. The molecule has 5 heteroatoms. The summed E-state index contributed by atoms with van der Waals surface area (Å²) in [5, 5.41) is 3.57. The Morgan fingerprint density at radius 1 is 1.35 bits per heavy atom. The quantitative estimate of drug-likeness (QED) is 0.835. The molecule has 3 rings (SSSR count). The van der Waals surface area contributed by atoms with E-state index in [0.717, 1.165) is 23.5 Å². The van der Waals surface area contributed by atoms with Gasteiger partial charge in [0.15, 0.2) is 0 Å². The maximum atomic E-state index is 5.59. The number of aromatic nitrogens is 1.